The second-order valence-electron chi connectivity index (χ2n) is 9.19. The van der Waals surface area contributed by atoms with Gasteiger partial charge >= 0.3 is 0 Å². The van der Waals surface area contributed by atoms with E-state index in [0.717, 1.165) is 41.3 Å². The van der Waals surface area contributed by atoms with Crippen LogP contribution in [0.3, 0.4) is 0 Å². The first-order valence-electron chi connectivity index (χ1n) is 11.3. The number of ether oxygens (including phenoxy) is 1. The van der Waals surface area contributed by atoms with Gasteiger partial charge in [0, 0.05) is 50.1 Å². The van der Waals surface area contributed by atoms with Crippen LogP contribution in [0.1, 0.15) is 84.9 Å². The Kier molecular flexibility index (Phi) is 5.39. The lowest BCUT2D eigenvalue weighted by molar-refractivity contribution is -0.0384. The fourth-order valence-corrected chi connectivity index (χ4v) is 4.80. The summed E-state index contributed by atoms with van der Waals surface area (Å²) in [5.41, 5.74) is 4.68. The van der Waals surface area contributed by atoms with Crippen LogP contribution in [0.4, 0.5) is 8.78 Å². The average molecular weight is 443 g/mol. The standard InChI is InChI=1S/C23H28F2N6O/c1-13-14(2)28-22-20(27-13)19(15-4-7-23(24,25)8-5-15)29-21(30-22)16-6-9-32-18(10-16)17-11-26-31(3)12-17/h11-12,15-16,18H,4-10H2,1-3H3. The fraction of sp³-hybridized carbons (Fsp3) is 0.609. The summed E-state index contributed by atoms with van der Waals surface area (Å²) in [6.45, 7) is 4.43. The van der Waals surface area contributed by atoms with E-state index in [-0.39, 0.29) is 30.8 Å². The summed E-state index contributed by atoms with van der Waals surface area (Å²) in [6.07, 6.45) is 5.87. The Morgan fingerprint density at radius 1 is 1.00 bits per heavy atom. The molecule has 0 amide bonds. The summed E-state index contributed by atoms with van der Waals surface area (Å²) in [6, 6.07) is 0. The Bertz CT molecular complexity index is 1140. The number of hydrogen-bond donors (Lipinski definition) is 0. The smallest absolute Gasteiger partial charge is 0.248 e. The van der Waals surface area contributed by atoms with Gasteiger partial charge in [-0.15, -0.1) is 0 Å². The third kappa shape index (κ3) is 4.10. The molecule has 9 heteroatoms. The van der Waals surface area contributed by atoms with Crippen molar-refractivity contribution in [3.63, 3.8) is 0 Å². The Morgan fingerprint density at radius 3 is 2.47 bits per heavy atom. The molecule has 4 heterocycles. The first-order valence-corrected chi connectivity index (χ1v) is 11.3. The number of rotatable bonds is 3. The van der Waals surface area contributed by atoms with E-state index in [1.165, 1.54) is 0 Å². The van der Waals surface area contributed by atoms with Gasteiger partial charge in [0.05, 0.1) is 29.4 Å². The van der Waals surface area contributed by atoms with Crippen molar-refractivity contribution < 1.29 is 13.5 Å². The highest BCUT2D eigenvalue weighted by Crippen LogP contribution is 2.43. The maximum absolute atomic E-state index is 13.8. The summed E-state index contributed by atoms with van der Waals surface area (Å²) >= 11 is 0. The van der Waals surface area contributed by atoms with Crippen LogP contribution < -0.4 is 0 Å². The van der Waals surface area contributed by atoms with E-state index in [9.17, 15) is 8.78 Å². The highest BCUT2D eigenvalue weighted by molar-refractivity contribution is 5.73. The second kappa shape index (κ2) is 8.10. The first-order chi connectivity index (χ1) is 15.3. The molecule has 0 spiro atoms. The van der Waals surface area contributed by atoms with Crippen molar-refractivity contribution in [2.75, 3.05) is 6.61 Å². The number of hydrogen-bond acceptors (Lipinski definition) is 6. The molecule has 1 saturated carbocycles. The molecule has 7 nitrogen and oxygen atoms in total. The zero-order chi connectivity index (χ0) is 22.5. The largest absolute Gasteiger partial charge is 0.373 e. The van der Waals surface area contributed by atoms with Crippen LogP contribution in [0.2, 0.25) is 0 Å². The molecule has 1 saturated heterocycles. The quantitative estimate of drug-likeness (QED) is 0.585. The van der Waals surface area contributed by atoms with Gasteiger partial charge in [0.1, 0.15) is 11.3 Å². The maximum Gasteiger partial charge on any atom is 0.248 e. The minimum absolute atomic E-state index is 0.0516. The summed E-state index contributed by atoms with van der Waals surface area (Å²) in [4.78, 5) is 19.2. The molecule has 3 aromatic rings. The predicted molar refractivity (Wildman–Crippen MR) is 115 cm³/mol. The molecule has 32 heavy (non-hydrogen) atoms. The van der Waals surface area contributed by atoms with Crippen molar-refractivity contribution in [3.8, 4) is 0 Å². The highest BCUT2D eigenvalue weighted by Gasteiger charge is 2.37. The molecule has 2 fully saturated rings. The summed E-state index contributed by atoms with van der Waals surface area (Å²) < 4.78 is 35.4. The molecule has 2 unspecified atom stereocenters. The molecule has 0 bridgehead atoms. The van der Waals surface area contributed by atoms with Crippen molar-refractivity contribution >= 4 is 11.2 Å². The van der Waals surface area contributed by atoms with Crippen LogP contribution in [0.15, 0.2) is 12.4 Å². The Hall–Kier alpha value is -2.55. The number of fused-ring (bicyclic) bond motifs is 1. The minimum atomic E-state index is -2.59. The topological polar surface area (TPSA) is 78.6 Å². The lowest BCUT2D eigenvalue weighted by atomic mass is 9.84. The van der Waals surface area contributed by atoms with Crippen molar-refractivity contribution in [2.24, 2.45) is 7.05 Å². The van der Waals surface area contributed by atoms with E-state index in [4.69, 9.17) is 19.7 Å². The Morgan fingerprint density at radius 2 is 1.75 bits per heavy atom. The third-order valence-corrected chi connectivity index (χ3v) is 6.84. The molecule has 170 valence electrons. The van der Waals surface area contributed by atoms with Crippen LogP contribution in [0.5, 0.6) is 0 Å². The number of nitrogens with zero attached hydrogens (tertiary/aromatic N) is 6. The van der Waals surface area contributed by atoms with Gasteiger partial charge in [0.2, 0.25) is 5.92 Å². The third-order valence-electron chi connectivity index (χ3n) is 6.84. The Balaban J connectivity index is 1.52. The van der Waals surface area contributed by atoms with Gasteiger partial charge in [-0.05, 0) is 39.5 Å². The van der Waals surface area contributed by atoms with Gasteiger partial charge in [0.25, 0.3) is 0 Å². The molecule has 3 aromatic heterocycles. The first kappa shape index (κ1) is 21.3. The van der Waals surface area contributed by atoms with E-state index in [2.05, 4.69) is 10.1 Å². The minimum Gasteiger partial charge on any atom is -0.373 e. The summed E-state index contributed by atoms with van der Waals surface area (Å²) in [7, 11) is 1.89. The SMILES string of the molecule is Cc1nc2nc(C3CCOC(c4cnn(C)c4)C3)nc(C3CCC(F)(F)CC3)c2nc1C. The lowest BCUT2D eigenvalue weighted by Crippen LogP contribution is -2.25. The van der Waals surface area contributed by atoms with E-state index in [0.29, 0.717) is 30.6 Å². The van der Waals surface area contributed by atoms with E-state index < -0.39 is 5.92 Å². The molecule has 2 aliphatic rings. The van der Waals surface area contributed by atoms with E-state index in [1.54, 1.807) is 4.68 Å². The molecule has 0 radical (unpaired) electrons. The van der Waals surface area contributed by atoms with Crippen molar-refractivity contribution in [1.29, 1.82) is 0 Å². The van der Waals surface area contributed by atoms with Gasteiger partial charge < -0.3 is 4.74 Å². The highest BCUT2D eigenvalue weighted by atomic mass is 19.3. The molecule has 1 aliphatic carbocycles. The number of aryl methyl sites for hydroxylation is 3. The Labute approximate surface area is 185 Å². The van der Waals surface area contributed by atoms with Gasteiger partial charge in [-0.25, -0.2) is 28.7 Å². The van der Waals surface area contributed by atoms with Gasteiger partial charge in [-0.1, -0.05) is 0 Å². The predicted octanol–water partition coefficient (Wildman–Crippen LogP) is 4.70. The molecular weight excluding hydrogens is 414 g/mol. The van der Waals surface area contributed by atoms with Crippen LogP contribution in [0, 0.1) is 13.8 Å². The maximum atomic E-state index is 13.8. The van der Waals surface area contributed by atoms with Gasteiger partial charge in [-0.3, -0.25) is 4.68 Å². The molecule has 0 aromatic carbocycles. The van der Waals surface area contributed by atoms with Crippen molar-refractivity contribution in [1.82, 2.24) is 29.7 Å². The second-order valence-corrected chi connectivity index (χ2v) is 9.19. The average Bonchev–Trinajstić information content (AvgIpc) is 3.21. The zero-order valence-electron chi connectivity index (χ0n) is 18.7. The van der Waals surface area contributed by atoms with Gasteiger partial charge in [0.15, 0.2) is 5.65 Å². The monoisotopic (exact) mass is 442 g/mol. The zero-order valence-corrected chi connectivity index (χ0v) is 18.7. The molecule has 0 N–H and O–H groups in total. The van der Waals surface area contributed by atoms with Crippen molar-refractivity contribution in [3.05, 3.63) is 40.9 Å². The fourth-order valence-electron chi connectivity index (χ4n) is 4.80. The normalized spacial score (nSPS) is 24.2. The lowest BCUT2D eigenvalue weighted by Gasteiger charge is -2.30. The summed E-state index contributed by atoms with van der Waals surface area (Å²) in [5.74, 6) is -1.81. The number of aromatic nitrogens is 6. The van der Waals surface area contributed by atoms with E-state index >= 15 is 0 Å². The summed E-state index contributed by atoms with van der Waals surface area (Å²) in [5, 5.41) is 4.26. The van der Waals surface area contributed by atoms with Crippen LogP contribution >= 0.6 is 0 Å². The van der Waals surface area contributed by atoms with Crippen LogP contribution in [-0.4, -0.2) is 42.2 Å². The molecule has 5 rings (SSSR count). The van der Waals surface area contributed by atoms with E-state index in [1.807, 2.05) is 33.3 Å². The number of halogens is 2. The van der Waals surface area contributed by atoms with Crippen molar-refractivity contribution in [2.45, 2.75) is 76.2 Å². The van der Waals surface area contributed by atoms with Crippen LogP contribution in [0.25, 0.3) is 11.2 Å². The van der Waals surface area contributed by atoms with Gasteiger partial charge in [-0.2, -0.15) is 5.10 Å². The number of alkyl halides is 2. The molecule has 1 aliphatic heterocycles. The van der Waals surface area contributed by atoms with Crippen LogP contribution in [-0.2, 0) is 11.8 Å². The molecular formula is C23H28F2N6O. The molecule has 2 atom stereocenters.